The van der Waals surface area contributed by atoms with Crippen LogP contribution in [0.5, 0.6) is 0 Å². The summed E-state index contributed by atoms with van der Waals surface area (Å²) in [5, 5.41) is 8.27. The van der Waals surface area contributed by atoms with Crippen LogP contribution in [-0.4, -0.2) is 25.6 Å². The minimum Gasteiger partial charge on any atom is -0.367 e. The lowest BCUT2D eigenvalue weighted by atomic mass is 9.83. The van der Waals surface area contributed by atoms with Gasteiger partial charge in [-0.2, -0.15) is 19.6 Å². The molecule has 1 unspecified atom stereocenters. The molecule has 0 aliphatic heterocycles. The predicted octanol–water partition coefficient (Wildman–Crippen LogP) is 3.55. The third kappa shape index (κ3) is 2.73. The van der Waals surface area contributed by atoms with Crippen molar-refractivity contribution < 1.29 is 0 Å². The summed E-state index contributed by atoms with van der Waals surface area (Å²) in [6, 6.07) is 2.29. The van der Waals surface area contributed by atoms with Crippen molar-refractivity contribution in [3.8, 4) is 0 Å². The van der Waals surface area contributed by atoms with Crippen molar-refractivity contribution in [2.24, 2.45) is 5.92 Å². The zero-order chi connectivity index (χ0) is 13.9. The Hall–Kier alpha value is -1.36. The van der Waals surface area contributed by atoms with Crippen molar-refractivity contribution in [2.45, 2.75) is 51.5 Å². The molecule has 108 valence electrons. The Labute approximate surface area is 123 Å². The van der Waals surface area contributed by atoms with Crippen LogP contribution >= 0.6 is 11.6 Å². The van der Waals surface area contributed by atoms with Crippen LogP contribution in [-0.2, 0) is 0 Å². The van der Waals surface area contributed by atoms with Crippen LogP contribution in [0.2, 0.25) is 5.15 Å². The van der Waals surface area contributed by atoms with Gasteiger partial charge in [-0.15, -0.1) is 0 Å². The van der Waals surface area contributed by atoms with Gasteiger partial charge < -0.3 is 5.32 Å². The van der Waals surface area contributed by atoms with Gasteiger partial charge in [-0.1, -0.05) is 37.8 Å². The summed E-state index contributed by atoms with van der Waals surface area (Å²) in [6.45, 7) is 2.23. The van der Waals surface area contributed by atoms with E-state index in [0.717, 1.165) is 18.2 Å². The van der Waals surface area contributed by atoms with Gasteiger partial charge in [0, 0.05) is 12.1 Å². The highest BCUT2D eigenvalue weighted by atomic mass is 35.5. The average molecular weight is 294 g/mol. The smallest absolute Gasteiger partial charge is 0.255 e. The fourth-order valence-corrected chi connectivity index (χ4v) is 3.34. The van der Waals surface area contributed by atoms with E-state index >= 15 is 0 Å². The normalized spacial score (nSPS) is 18.3. The monoisotopic (exact) mass is 293 g/mol. The summed E-state index contributed by atoms with van der Waals surface area (Å²) in [6.07, 6.45) is 9.29. The molecule has 0 aromatic carbocycles. The molecule has 0 bridgehead atoms. The number of fused-ring (bicyclic) bond motifs is 1. The molecule has 1 N–H and O–H groups in total. The summed E-state index contributed by atoms with van der Waals surface area (Å²) < 4.78 is 1.72. The predicted molar refractivity (Wildman–Crippen MR) is 80.1 cm³/mol. The number of nitrogens with zero attached hydrogens (tertiary/aromatic N) is 4. The number of rotatable bonds is 4. The Morgan fingerprint density at radius 1 is 1.40 bits per heavy atom. The van der Waals surface area contributed by atoms with Gasteiger partial charge in [0.25, 0.3) is 5.78 Å². The van der Waals surface area contributed by atoms with Crippen LogP contribution < -0.4 is 5.32 Å². The first-order valence-corrected chi connectivity index (χ1v) is 7.78. The lowest BCUT2D eigenvalue weighted by molar-refractivity contribution is 0.312. The van der Waals surface area contributed by atoms with E-state index in [0.29, 0.717) is 17.0 Å². The van der Waals surface area contributed by atoms with Crippen LogP contribution in [0.15, 0.2) is 12.4 Å². The largest absolute Gasteiger partial charge is 0.367 e. The molecule has 1 fully saturated rings. The van der Waals surface area contributed by atoms with E-state index < -0.39 is 0 Å². The molecule has 0 saturated heterocycles. The summed E-state index contributed by atoms with van der Waals surface area (Å²) >= 11 is 6.06. The summed E-state index contributed by atoms with van der Waals surface area (Å²) in [4.78, 5) is 8.26. The summed E-state index contributed by atoms with van der Waals surface area (Å²) in [7, 11) is 0. The summed E-state index contributed by atoms with van der Waals surface area (Å²) in [5.41, 5.74) is 0. The Bertz CT molecular complexity index is 576. The standard InChI is InChI=1S/C14H20ClN5/c1-2-11(10-6-4-3-5-7-10)18-13-8-12(15)19-14-16-9-17-20(13)14/h8-11,18H,2-7H2,1H3. The van der Waals surface area contributed by atoms with E-state index in [4.69, 9.17) is 11.6 Å². The van der Waals surface area contributed by atoms with Crippen LogP contribution in [0.25, 0.3) is 5.78 Å². The molecule has 1 atom stereocenters. The lowest BCUT2D eigenvalue weighted by Gasteiger charge is -2.30. The molecule has 0 spiro atoms. The zero-order valence-electron chi connectivity index (χ0n) is 11.7. The lowest BCUT2D eigenvalue weighted by Crippen LogP contribution is -2.31. The van der Waals surface area contributed by atoms with Crippen molar-refractivity contribution >= 4 is 23.2 Å². The molecule has 0 radical (unpaired) electrons. The SMILES string of the molecule is CCC(Nc1cc(Cl)nc2ncnn12)C1CCCCC1. The van der Waals surface area contributed by atoms with Crippen LogP contribution in [0.3, 0.4) is 0 Å². The molecule has 6 heteroatoms. The number of aromatic nitrogens is 4. The van der Waals surface area contributed by atoms with Crippen LogP contribution in [0, 0.1) is 5.92 Å². The molecule has 20 heavy (non-hydrogen) atoms. The molecular weight excluding hydrogens is 274 g/mol. The second-order valence-corrected chi connectivity index (χ2v) is 5.88. The van der Waals surface area contributed by atoms with E-state index in [9.17, 15) is 0 Å². The molecule has 2 heterocycles. The van der Waals surface area contributed by atoms with Crippen LogP contribution in [0.4, 0.5) is 5.82 Å². The van der Waals surface area contributed by atoms with E-state index in [2.05, 4.69) is 27.3 Å². The Balaban J connectivity index is 1.84. The van der Waals surface area contributed by atoms with Crippen molar-refractivity contribution in [2.75, 3.05) is 5.32 Å². The molecule has 5 nitrogen and oxygen atoms in total. The molecule has 0 amide bonds. The maximum absolute atomic E-state index is 6.06. The highest BCUT2D eigenvalue weighted by molar-refractivity contribution is 6.29. The van der Waals surface area contributed by atoms with Crippen LogP contribution in [0.1, 0.15) is 45.4 Å². The average Bonchev–Trinajstić information content (AvgIpc) is 2.93. The van der Waals surface area contributed by atoms with E-state index in [1.54, 1.807) is 4.52 Å². The number of halogens is 1. The molecule has 1 aliphatic carbocycles. The van der Waals surface area contributed by atoms with Gasteiger partial charge in [0.05, 0.1) is 0 Å². The Morgan fingerprint density at radius 2 is 2.20 bits per heavy atom. The van der Waals surface area contributed by atoms with E-state index in [-0.39, 0.29) is 0 Å². The van der Waals surface area contributed by atoms with E-state index in [1.807, 2.05) is 6.07 Å². The van der Waals surface area contributed by atoms with E-state index in [1.165, 1.54) is 38.4 Å². The number of hydrogen-bond acceptors (Lipinski definition) is 4. The summed E-state index contributed by atoms with van der Waals surface area (Å²) in [5.74, 6) is 2.16. The second kappa shape index (κ2) is 5.95. The minimum absolute atomic E-state index is 0.450. The minimum atomic E-state index is 0.450. The number of nitrogens with one attached hydrogen (secondary N) is 1. The van der Waals surface area contributed by atoms with Gasteiger partial charge in [0.15, 0.2) is 0 Å². The Morgan fingerprint density at radius 3 is 2.95 bits per heavy atom. The van der Waals surface area contributed by atoms with Crippen molar-refractivity contribution in [3.63, 3.8) is 0 Å². The maximum Gasteiger partial charge on any atom is 0.255 e. The molecular formula is C14H20ClN5. The molecule has 2 aromatic rings. The fourth-order valence-electron chi connectivity index (χ4n) is 3.17. The third-order valence-corrected chi connectivity index (χ3v) is 4.41. The van der Waals surface area contributed by atoms with Gasteiger partial charge in [-0.25, -0.2) is 0 Å². The first-order chi connectivity index (χ1) is 9.78. The quantitative estimate of drug-likeness (QED) is 0.876. The first kappa shape index (κ1) is 13.6. The molecule has 1 saturated carbocycles. The number of anilines is 1. The van der Waals surface area contributed by atoms with Gasteiger partial charge in [0.2, 0.25) is 0 Å². The van der Waals surface area contributed by atoms with Gasteiger partial charge in [-0.3, -0.25) is 0 Å². The topological polar surface area (TPSA) is 55.1 Å². The number of hydrogen-bond donors (Lipinski definition) is 1. The third-order valence-electron chi connectivity index (χ3n) is 4.21. The van der Waals surface area contributed by atoms with Crippen molar-refractivity contribution in [3.05, 3.63) is 17.5 Å². The van der Waals surface area contributed by atoms with Crippen molar-refractivity contribution in [1.29, 1.82) is 0 Å². The molecule has 3 rings (SSSR count). The maximum atomic E-state index is 6.06. The first-order valence-electron chi connectivity index (χ1n) is 7.40. The highest BCUT2D eigenvalue weighted by Crippen LogP contribution is 2.29. The second-order valence-electron chi connectivity index (χ2n) is 5.49. The van der Waals surface area contributed by atoms with Gasteiger partial charge in [-0.05, 0) is 25.2 Å². The Kier molecular flexibility index (Phi) is 4.05. The molecule has 1 aliphatic rings. The van der Waals surface area contributed by atoms with Crippen molar-refractivity contribution in [1.82, 2.24) is 19.6 Å². The van der Waals surface area contributed by atoms with Gasteiger partial charge >= 0.3 is 0 Å². The fraction of sp³-hybridized carbons (Fsp3) is 0.643. The zero-order valence-corrected chi connectivity index (χ0v) is 12.5. The molecule has 2 aromatic heterocycles. The van der Waals surface area contributed by atoms with Gasteiger partial charge in [0.1, 0.15) is 17.3 Å². The highest BCUT2D eigenvalue weighted by Gasteiger charge is 2.23.